The fourth-order valence-corrected chi connectivity index (χ4v) is 7.03. The Bertz CT molecular complexity index is 940. The maximum Gasteiger partial charge on any atom is 0.115 e. The minimum Gasteiger partial charge on any atom is -0.508 e. The van der Waals surface area contributed by atoms with Crippen molar-refractivity contribution in [2.24, 2.45) is 23.7 Å². The molecule has 28 heavy (non-hydrogen) atoms. The summed E-state index contributed by atoms with van der Waals surface area (Å²) in [4.78, 5) is 0. The number of phenolic OH excluding ortho intramolecular Hbond substituents is 1. The second-order valence-electron chi connectivity index (χ2n) is 8.96. The van der Waals surface area contributed by atoms with Crippen LogP contribution in [0.2, 0.25) is 0 Å². The highest BCUT2D eigenvalue weighted by molar-refractivity contribution is 5.50. The summed E-state index contributed by atoms with van der Waals surface area (Å²) in [5.41, 5.74) is 4.00. The number of benzene rings is 2. The fraction of sp³-hybridized carbons (Fsp3) is 0.423. The Balaban J connectivity index is 1.50. The highest BCUT2D eigenvalue weighted by atomic mass is 16.3. The number of nitrogens with zero attached hydrogens (tertiary/aromatic N) is 1. The predicted molar refractivity (Wildman–Crippen MR) is 111 cm³/mol. The van der Waals surface area contributed by atoms with Crippen molar-refractivity contribution >= 4 is 0 Å². The first-order valence-corrected chi connectivity index (χ1v) is 10.7. The first-order valence-electron chi connectivity index (χ1n) is 10.7. The largest absolute Gasteiger partial charge is 0.508 e. The molecule has 0 amide bonds. The number of phenols is 1. The molecule has 3 aliphatic carbocycles. The molecule has 3 aliphatic rings. The van der Waals surface area contributed by atoms with E-state index in [1.165, 1.54) is 42.4 Å². The lowest BCUT2D eigenvalue weighted by atomic mass is 9.59. The summed E-state index contributed by atoms with van der Waals surface area (Å²) in [6, 6.07) is 21.0. The van der Waals surface area contributed by atoms with Crippen LogP contribution in [-0.4, -0.2) is 5.11 Å². The van der Waals surface area contributed by atoms with Gasteiger partial charge in [-0.2, -0.15) is 5.26 Å². The minimum absolute atomic E-state index is 0.0225. The van der Waals surface area contributed by atoms with E-state index in [1.807, 2.05) is 18.2 Å². The van der Waals surface area contributed by atoms with Gasteiger partial charge in [0.15, 0.2) is 0 Å². The van der Waals surface area contributed by atoms with E-state index in [2.05, 4.69) is 42.5 Å². The van der Waals surface area contributed by atoms with Gasteiger partial charge in [-0.15, -0.1) is 0 Å². The summed E-state index contributed by atoms with van der Waals surface area (Å²) in [5.74, 6) is 2.88. The van der Waals surface area contributed by atoms with E-state index < -0.39 is 0 Å². The van der Waals surface area contributed by atoms with Gasteiger partial charge >= 0.3 is 0 Å². The summed E-state index contributed by atoms with van der Waals surface area (Å²) in [6.45, 7) is 0. The van der Waals surface area contributed by atoms with Crippen molar-refractivity contribution in [2.45, 2.75) is 43.9 Å². The molecule has 0 heterocycles. The predicted octanol–water partition coefficient (Wildman–Crippen LogP) is 5.78. The molecule has 0 aromatic heterocycles. The van der Waals surface area contributed by atoms with Crippen LogP contribution in [0.3, 0.4) is 0 Å². The topological polar surface area (TPSA) is 44.0 Å². The molecule has 5 atom stereocenters. The number of allylic oxidation sites excluding steroid dienone is 2. The number of hydrogen-bond donors (Lipinski definition) is 1. The lowest BCUT2D eigenvalue weighted by molar-refractivity contribution is 0.205. The van der Waals surface area contributed by atoms with Crippen molar-refractivity contribution in [2.75, 3.05) is 0 Å². The van der Waals surface area contributed by atoms with Crippen molar-refractivity contribution in [1.29, 1.82) is 5.26 Å². The van der Waals surface area contributed by atoms with Gasteiger partial charge in [0.25, 0.3) is 0 Å². The highest BCUT2D eigenvalue weighted by Gasteiger charge is 2.64. The summed E-state index contributed by atoms with van der Waals surface area (Å²) in [6.07, 6.45) is 9.11. The SMILES string of the molecule is N#C/C=C1\[C@H]2C(CCc3ccccc3)CC3[C@H]2CCCC13c1cccc(O)c1. The molecule has 5 rings (SSSR count). The van der Waals surface area contributed by atoms with Crippen LogP contribution < -0.4 is 0 Å². The molecule has 0 aliphatic heterocycles. The second kappa shape index (κ2) is 6.82. The fourth-order valence-electron chi connectivity index (χ4n) is 7.03. The maximum absolute atomic E-state index is 10.1. The standard InChI is InChI=1S/C26H27NO/c27-15-13-23-25-19(12-11-18-6-2-1-3-7-18)16-24-22(25)10-5-14-26(23,24)20-8-4-9-21(28)17-20/h1-4,6-9,13,17,19,22,24-25,28H,5,10-12,14,16H2/b23-13+/t19?,22-,24?,25+,26?/m1/s1. The molecular weight excluding hydrogens is 342 g/mol. The van der Waals surface area contributed by atoms with Gasteiger partial charge in [-0.25, -0.2) is 0 Å². The van der Waals surface area contributed by atoms with Crippen molar-refractivity contribution in [3.63, 3.8) is 0 Å². The number of aryl methyl sites for hydroxylation is 1. The van der Waals surface area contributed by atoms with Crippen LogP contribution in [-0.2, 0) is 11.8 Å². The first-order chi connectivity index (χ1) is 13.7. The monoisotopic (exact) mass is 369 g/mol. The first kappa shape index (κ1) is 17.6. The van der Waals surface area contributed by atoms with Crippen molar-refractivity contribution < 1.29 is 5.11 Å². The summed E-state index contributed by atoms with van der Waals surface area (Å²) < 4.78 is 0. The second-order valence-corrected chi connectivity index (χ2v) is 8.96. The van der Waals surface area contributed by atoms with Crippen molar-refractivity contribution in [3.8, 4) is 11.8 Å². The molecule has 2 heteroatoms. The maximum atomic E-state index is 10.1. The van der Waals surface area contributed by atoms with Gasteiger partial charge in [0.2, 0.25) is 0 Å². The third-order valence-electron chi connectivity index (χ3n) is 7.89. The third kappa shape index (κ3) is 2.53. The molecule has 4 bridgehead atoms. The molecule has 2 aromatic carbocycles. The molecule has 2 aromatic rings. The Hall–Kier alpha value is -2.53. The average Bonchev–Trinajstić information content (AvgIpc) is 3.15. The van der Waals surface area contributed by atoms with E-state index in [9.17, 15) is 10.4 Å². The zero-order chi connectivity index (χ0) is 19.1. The molecule has 2 nitrogen and oxygen atoms in total. The molecule has 1 N–H and O–H groups in total. The van der Waals surface area contributed by atoms with Gasteiger partial charge in [0, 0.05) is 11.5 Å². The zero-order valence-corrected chi connectivity index (χ0v) is 16.2. The molecule has 0 spiro atoms. The third-order valence-corrected chi connectivity index (χ3v) is 7.89. The summed E-state index contributed by atoms with van der Waals surface area (Å²) >= 11 is 0. The van der Waals surface area contributed by atoms with E-state index in [-0.39, 0.29) is 5.41 Å². The Morgan fingerprint density at radius 1 is 1.14 bits per heavy atom. The van der Waals surface area contributed by atoms with Gasteiger partial charge < -0.3 is 5.11 Å². The molecule has 3 saturated carbocycles. The van der Waals surface area contributed by atoms with Crippen LogP contribution in [0.1, 0.15) is 43.2 Å². The quantitative estimate of drug-likeness (QED) is 0.694. The number of aromatic hydroxyl groups is 1. The summed E-state index contributed by atoms with van der Waals surface area (Å²) in [7, 11) is 0. The van der Waals surface area contributed by atoms with Gasteiger partial charge in [-0.1, -0.05) is 48.9 Å². The lowest BCUT2D eigenvalue weighted by Gasteiger charge is -2.44. The Morgan fingerprint density at radius 2 is 2.00 bits per heavy atom. The van der Waals surface area contributed by atoms with Crippen LogP contribution in [0, 0.1) is 35.0 Å². The van der Waals surface area contributed by atoms with Crippen LogP contribution in [0.15, 0.2) is 66.2 Å². The van der Waals surface area contributed by atoms with Crippen molar-refractivity contribution in [3.05, 3.63) is 77.4 Å². The lowest BCUT2D eigenvalue weighted by Crippen LogP contribution is -2.39. The molecule has 142 valence electrons. The molecule has 3 fully saturated rings. The van der Waals surface area contributed by atoms with E-state index >= 15 is 0 Å². The van der Waals surface area contributed by atoms with Crippen LogP contribution in [0.4, 0.5) is 0 Å². The highest BCUT2D eigenvalue weighted by Crippen LogP contribution is 2.70. The van der Waals surface area contributed by atoms with Gasteiger partial charge in [-0.3, -0.25) is 0 Å². The van der Waals surface area contributed by atoms with E-state index in [0.717, 1.165) is 12.8 Å². The Labute approximate surface area is 167 Å². The number of nitriles is 1. The van der Waals surface area contributed by atoms with Crippen LogP contribution in [0.25, 0.3) is 0 Å². The minimum atomic E-state index is -0.0225. The number of rotatable bonds is 4. The normalized spacial score (nSPS) is 34.5. The van der Waals surface area contributed by atoms with Crippen LogP contribution >= 0.6 is 0 Å². The van der Waals surface area contributed by atoms with Gasteiger partial charge in [0.1, 0.15) is 5.75 Å². The van der Waals surface area contributed by atoms with Crippen molar-refractivity contribution in [1.82, 2.24) is 0 Å². The molecular formula is C26H27NO. The van der Waals surface area contributed by atoms with E-state index in [4.69, 9.17) is 0 Å². The summed E-state index contributed by atoms with van der Waals surface area (Å²) in [5, 5.41) is 19.7. The zero-order valence-electron chi connectivity index (χ0n) is 16.2. The van der Waals surface area contributed by atoms with Gasteiger partial charge in [-0.05, 0) is 84.6 Å². The smallest absolute Gasteiger partial charge is 0.115 e. The molecule has 0 radical (unpaired) electrons. The van der Waals surface area contributed by atoms with Gasteiger partial charge in [0.05, 0.1) is 6.07 Å². The Morgan fingerprint density at radius 3 is 2.79 bits per heavy atom. The average molecular weight is 370 g/mol. The molecule has 3 unspecified atom stereocenters. The molecule has 0 saturated heterocycles. The van der Waals surface area contributed by atoms with E-state index in [0.29, 0.717) is 29.4 Å². The van der Waals surface area contributed by atoms with E-state index in [1.54, 1.807) is 6.07 Å². The van der Waals surface area contributed by atoms with Crippen LogP contribution in [0.5, 0.6) is 5.75 Å². The Kier molecular flexibility index (Phi) is 4.27. The number of hydrogen-bond acceptors (Lipinski definition) is 2.